The van der Waals surface area contributed by atoms with Crippen molar-refractivity contribution in [2.75, 3.05) is 6.54 Å². The zero-order chi connectivity index (χ0) is 17.2. The second-order valence-electron chi connectivity index (χ2n) is 5.40. The molecule has 0 fully saturated rings. The van der Waals surface area contributed by atoms with E-state index in [1.54, 1.807) is 12.3 Å². The fourth-order valence-electron chi connectivity index (χ4n) is 2.14. The highest BCUT2D eigenvalue weighted by Crippen LogP contribution is 2.03. The minimum Gasteiger partial charge on any atom is -0.352 e. The lowest BCUT2D eigenvalue weighted by molar-refractivity contribution is 0.0945. The van der Waals surface area contributed by atoms with Crippen molar-refractivity contribution in [3.05, 3.63) is 59.7 Å². The summed E-state index contributed by atoms with van der Waals surface area (Å²) in [5, 5.41) is 5.59. The summed E-state index contributed by atoms with van der Waals surface area (Å²) in [5.74, 6) is -0.520. The van der Waals surface area contributed by atoms with Crippen molar-refractivity contribution in [2.24, 2.45) is 0 Å². The first kappa shape index (κ1) is 17.6. The first-order valence-electron chi connectivity index (χ1n) is 8.13. The van der Waals surface area contributed by atoms with Crippen molar-refractivity contribution in [3.63, 3.8) is 0 Å². The monoisotopic (exact) mass is 326 g/mol. The van der Waals surface area contributed by atoms with E-state index in [0.29, 0.717) is 18.7 Å². The maximum Gasteiger partial charge on any atom is 0.270 e. The van der Waals surface area contributed by atoms with Gasteiger partial charge in [-0.3, -0.25) is 19.6 Å². The Morgan fingerprint density at radius 2 is 1.88 bits per heavy atom. The van der Waals surface area contributed by atoms with E-state index in [1.165, 1.54) is 12.3 Å². The normalized spacial score (nSPS) is 10.2. The Hall–Kier alpha value is -2.76. The molecule has 24 heavy (non-hydrogen) atoms. The molecule has 0 saturated heterocycles. The molecule has 0 saturated carbocycles. The number of aromatic nitrogens is 2. The molecule has 0 atom stereocenters. The summed E-state index contributed by atoms with van der Waals surface area (Å²) in [4.78, 5) is 32.4. The van der Waals surface area contributed by atoms with E-state index in [9.17, 15) is 9.59 Å². The third-order valence-corrected chi connectivity index (χ3v) is 3.48. The van der Waals surface area contributed by atoms with E-state index in [2.05, 4.69) is 27.5 Å². The molecule has 6 nitrogen and oxygen atoms in total. The van der Waals surface area contributed by atoms with E-state index in [1.807, 2.05) is 18.2 Å². The Morgan fingerprint density at radius 3 is 2.62 bits per heavy atom. The largest absolute Gasteiger partial charge is 0.352 e. The molecule has 126 valence electrons. The summed E-state index contributed by atoms with van der Waals surface area (Å²) in [5.41, 5.74) is 1.41. The second-order valence-corrected chi connectivity index (χ2v) is 5.40. The maximum absolute atomic E-state index is 12.2. The average molecular weight is 326 g/mol. The number of pyridine rings is 2. The van der Waals surface area contributed by atoms with Crippen LogP contribution in [-0.2, 0) is 6.54 Å². The van der Waals surface area contributed by atoms with Gasteiger partial charge in [0.1, 0.15) is 5.69 Å². The molecule has 0 bridgehead atoms. The molecule has 0 radical (unpaired) electrons. The molecule has 0 aliphatic heterocycles. The summed E-state index contributed by atoms with van der Waals surface area (Å²) in [6.07, 6.45) is 6.27. The van der Waals surface area contributed by atoms with Gasteiger partial charge in [-0.05, 0) is 30.7 Å². The number of nitrogens with one attached hydrogen (secondary N) is 2. The fourth-order valence-corrected chi connectivity index (χ4v) is 2.14. The number of unbranched alkanes of at least 4 members (excludes halogenated alkanes) is 2. The zero-order valence-electron chi connectivity index (χ0n) is 13.8. The first-order chi connectivity index (χ1) is 11.7. The Kier molecular flexibility index (Phi) is 6.89. The highest BCUT2D eigenvalue weighted by atomic mass is 16.2. The highest BCUT2D eigenvalue weighted by molar-refractivity contribution is 5.98. The summed E-state index contributed by atoms with van der Waals surface area (Å²) >= 11 is 0. The molecule has 0 unspecified atom stereocenters. The standard InChI is InChI=1S/C18H22N4O2/c1-2-3-5-10-21-17(23)14-8-11-20-16(12-14)18(24)22-13-15-7-4-6-9-19-15/h4,6-9,11-12H,2-3,5,10,13H2,1H3,(H,21,23)(H,22,24). The van der Waals surface area contributed by atoms with Crippen molar-refractivity contribution >= 4 is 11.8 Å². The Morgan fingerprint density at radius 1 is 1.00 bits per heavy atom. The van der Waals surface area contributed by atoms with Crippen LogP contribution in [-0.4, -0.2) is 28.3 Å². The van der Waals surface area contributed by atoms with Gasteiger partial charge in [0.15, 0.2) is 0 Å². The Bertz CT molecular complexity index is 674. The quantitative estimate of drug-likeness (QED) is 0.729. The summed E-state index contributed by atoms with van der Waals surface area (Å²) < 4.78 is 0. The molecule has 0 aromatic carbocycles. The SMILES string of the molecule is CCCCCNC(=O)c1ccnc(C(=O)NCc2ccccn2)c1. The Balaban J connectivity index is 1.91. The lowest BCUT2D eigenvalue weighted by Gasteiger charge is -2.07. The van der Waals surface area contributed by atoms with Gasteiger partial charge in [-0.25, -0.2) is 0 Å². The molecule has 2 aromatic rings. The molecular weight excluding hydrogens is 304 g/mol. The highest BCUT2D eigenvalue weighted by Gasteiger charge is 2.11. The minimum atomic E-state index is -0.332. The minimum absolute atomic E-state index is 0.188. The number of carbonyl (C=O) groups excluding carboxylic acids is 2. The van der Waals surface area contributed by atoms with Crippen molar-refractivity contribution in [1.82, 2.24) is 20.6 Å². The molecule has 0 aliphatic carbocycles. The van der Waals surface area contributed by atoms with Gasteiger partial charge in [0, 0.05) is 24.5 Å². The van der Waals surface area contributed by atoms with Crippen LogP contribution in [0.5, 0.6) is 0 Å². The summed E-state index contributed by atoms with van der Waals surface area (Å²) in [6, 6.07) is 8.60. The molecule has 2 heterocycles. The smallest absolute Gasteiger partial charge is 0.270 e. The van der Waals surface area contributed by atoms with Gasteiger partial charge in [0.2, 0.25) is 0 Å². The van der Waals surface area contributed by atoms with Crippen LogP contribution in [0.1, 0.15) is 52.7 Å². The van der Waals surface area contributed by atoms with Gasteiger partial charge in [-0.2, -0.15) is 0 Å². The third-order valence-electron chi connectivity index (χ3n) is 3.48. The van der Waals surface area contributed by atoms with Gasteiger partial charge < -0.3 is 10.6 Å². The zero-order valence-corrected chi connectivity index (χ0v) is 13.8. The van der Waals surface area contributed by atoms with Crippen LogP contribution in [0.3, 0.4) is 0 Å². The molecule has 2 amide bonds. The summed E-state index contributed by atoms with van der Waals surface area (Å²) in [7, 11) is 0. The first-order valence-corrected chi connectivity index (χ1v) is 8.13. The van der Waals surface area contributed by atoms with Crippen LogP contribution in [0.25, 0.3) is 0 Å². The van der Waals surface area contributed by atoms with Crippen LogP contribution in [0.15, 0.2) is 42.7 Å². The van der Waals surface area contributed by atoms with Crippen molar-refractivity contribution in [2.45, 2.75) is 32.7 Å². The molecular formula is C18H22N4O2. The molecule has 2 N–H and O–H groups in total. The average Bonchev–Trinajstić information content (AvgIpc) is 2.64. The van der Waals surface area contributed by atoms with Crippen molar-refractivity contribution in [1.29, 1.82) is 0 Å². The number of amides is 2. The van der Waals surface area contributed by atoms with Crippen LogP contribution in [0, 0.1) is 0 Å². The topological polar surface area (TPSA) is 84.0 Å². The van der Waals surface area contributed by atoms with Crippen LogP contribution in [0.4, 0.5) is 0 Å². The second kappa shape index (κ2) is 9.39. The van der Waals surface area contributed by atoms with Gasteiger partial charge in [0.05, 0.1) is 12.2 Å². The van der Waals surface area contributed by atoms with E-state index in [-0.39, 0.29) is 17.5 Å². The van der Waals surface area contributed by atoms with Crippen LogP contribution < -0.4 is 10.6 Å². The number of carbonyl (C=O) groups is 2. The third kappa shape index (κ3) is 5.46. The van der Waals surface area contributed by atoms with Crippen LogP contribution >= 0.6 is 0 Å². The number of hydrogen-bond donors (Lipinski definition) is 2. The fraction of sp³-hybridized carbons (Fsp3) is 0.333. The lowest BCUT2D eigenvalue weighted by Crippen LogP contribution is -2.27. The van der Waals surface area contributed by atoms with Gasteiger partial charge in [0.25, 0.3) is 11.8 Å². The van der Waals surface area contributed by atoms with Crippen molar-refractivity contribution in [3.8, 4) is 0 Å². The number of hydrogen-bond acceptors (Lipinski definition) is 4. The van der Waals surface area contributed by atoms with E-state index in [0.717, 1.165) is 25.0 Å². The van der Waals surface area contributed by atoms with E-state index < -0.39 is 0 Å². The molecule has 0 spiro atoms. The number of nitrogens with zero attached hydrogens (tertiary/aromatic N) is 2. The van der Waals surface area contributed by atoms with Gasteiger partial charge in [-0.15, -0.1) is 0 Å². The lowest BCUT2D eigenvalue weighted by atomic mass is 10.2. The Labute approximate surface area is 141 Å². The van der Waals surface area contributed by atoms with Crippen molar-refractivity contribution < 1.29 is 9.59 Å². The van der Waals surface area contributed by atoms with E-state index in [4.69, 9.17) is 0 Å². The predicted molar refractivity (Wildman–Crippen MR) is 91.5 cm³/mol. The molecule has 2 aromatic heterocycles. The van der Waals surface area contributed by atoms with Crippen LogP contribution in [0.2, 0.25) is 0 Å². The van der Waals surface area contributed by atoms with Gasteiger partial charge >= 0.3 is 0 Å². The number of rotatable bonds is 8. The molecule has 6 heteroatoms. The van der Waals surface area contributed by atoms with E-state index >= 15 is 0 Å². The predicted octanol–water partition coefficient (Wildman–Crippen LogP) is 2.33. The maximum atomic E-state index is 12.2. The van der Waals surface area contributed by atoms with Gasteiger partial charge in [-0.1, -0.05) is 25.8 Å². The molecule has 2 rings (SSSR count). The summed E-state index contributed by atoms with van der Waals surface area (Å²) in [6.45, 7) is 3.06. The molecule has 0 aliphatic rings.